The van der Waals surface area contributed by atoms with Crippen LogP contribution in [0.5, 0.6) is 0 Å². The van der Waals surface area contributed by atoms with Crippen molar-refractivity contribution in [2.24, 2.45) is 5.92 Å². The summed E-state index contributed by atoms with van der Waals surface area (Å²) in [5.41, 5.74) is 0. The molecule has 1 heterocycles. The number of rotatable bonds is 4. The molecule has 0 saturated heterocycles. The van der Waals surface area contributed by atoms with Gasteiger partial charge in [-0.2, -0.15) is 4.98 Å². The smallest absolute Gasteiger partial charge is 0.224 e. The number of hydrogen-bond donors (Lipinski definition) is 2. The molecule has 0 aliphatic heterocycles. The third-order valence-corrected chi connectivity index (χ3v) is 2.43. The standard InChI is InChI=1S/C10H16N4/c1-3-11-10-12-5-4-9(14-10)13-8-6-7(8)2/h4-5,7-8H,3,6H2,1-2H3,(H2,11,12,13,14). The molecule has 0 aromatic carbocycles. The second-order valence-corrected chi connectivity index (χ2v) is 3.76. The predicted molar refractivity (Wildman–Crippen MR) is 57.4 cm³/mol. The SMILES string of the molecule is CCNc1nccc(NC2CC2C)n1. The van der Waals surface area contributed by atoms with Crippen LogP contribution in [0, 0.1) is 5.92 Å². The largest absolute Gasteiger partial charge is 0.367 e. The molecule has 76 valence electrons. The summed E-state index contributed by atoms with van der Waals surface area (Å²) in [4.78, 5) is 8.46. The minimum absolute atomic E-state index is 0.611. The van der Waals surface area contributed by atoms with Crippen molar-refractivity contribution in [2.75, 3.05) is 17.2 Å². The summed E-state index contributed by atoms with van der Waals surface area (Å²) in [6.45, 7) is 5.12. The third kappa shape index (κ3) is 2.13. The summed E-state index contributed by atoms with van der Waals surface area (Å²) >= 11 is 0. The summed E-state index contributed by atoms with van der Waals surface area (Å²) in [5.74, 6) is 2.41. The van der Waals surface area contributed by atoms with Crippen LogP contribution in [0.1, 0.15) is 20.3 Å². The van der Waals surface area contributed by atoms with Crippen LogP contribution in [0.2, 0.25) is 0 Å². The molecule has 0 spiro atoms. The second kappa shape index (κ2) is 3.82. The van der Waals surface area contributed by atoms with Gasteiger partial charge >= 0.3 is 0 Å². The zero-order valence-electron chi connectivity index (χ0n) is 8.62. The van der Waals surface area contributed by atoms with E-state index in [0.717, 1.165) is 18.3 Å². The molecule has 4 heteroatoms. The molecule has 0 radical (unpaired) electrons. The van der Waals surface area contributed by atoms with Crippen LogP contribution in [0.25, 0.3) is 0 Å². The lowest BCUT2D eigenvalue weighted by Gasteiger charge is -2.05. The van der Waals surface area contributed by atoms with Gasteiger partial charge < -0.3 is 10.6 Å². The summed E-state index contributed by atoms with van der Waals surface area (Å²) in [6, 6.07) is 2.52. The van der Waals surface area contributed by atoms with Gasteiger partial charge in [-0.05, 0) is 25.3 Å². The van der Waals surface area contributed by atoms with E-state index in [9.17, 15) is 0 Å². The molecule has 2 N–H and O–H groups in total. The quantitative estimate of drug-likeness (QED) is 0.762. The van der Waals surface area contributed by atoms with E-state index < -0.39 is 0 Å². The fraction of sp³-hybridized carbons (Fsp3) is 0.600. The first-order chi connectivity index (χ1) is 6.79. The lowest BCUT2D eigenvalue weighted by molar-refractivity contribution is 0.921. The Morgan fingerprint density at radius 3 is 3.00 bits per heavy atom. The first kappa shape index (κ1) is 9.24. The summed E-state index contributed by atoms with van der Waals surface area (Å²) < 4.78 is 0. The molecule has 1 aliphatic carbocycles. The monoisotopic (exact) mass is 192 g/mol. The maximum Gasteiger partial charge on any atom is 0.224 e. The van der Waals surface area contributed by atoms with Crippen LogP contribution in [0.4, 0.5) is 11.8 Å². The molecule has 1 saturated carbocycles. The second-order valence-electron chi connectivity index (χ2n) is 3.76. The van der Waals surface area contributed by atoms with E-state index in [1.54, 1.807) is 6.20 Å². The molecular weight excluding hydrogens is 176 g/mol. The van der Waals surface area contributed by atoms with E-state index in [1.165, 1.54) is 6.42 Å². The normalized spacial score (nSPS) is 24.4. The zero-order valence-corrected chi connectivity index (χ0v) is 8.62. The van der Waals surface area contributed by atoms with Crippen molar-refractivity contribution >= 4 is 11.8 Å². The minimum atomic E-state index is 0.611. The molecule has 1 aliphatic rings. The van der Waals surface area contributed by atoms with E-state index in [-0.39, 0.29) is 0 Å². The van der Waals surface area contributed by atoms with E-state index in [0.29, 0.717) is 12.0 Å². The number of hydrogen-bond acceptors (Lipinski definition) is 4. The topological polar surface area (TPSA) is 49.8 Å². The Labute approximate surface area is 84.2 Å². The Kier molecular flexibility index (Phi) is 2.52. The molecular formula is C10H16N4. The molecule has 0 bridgehead atoms. The Morgan fingerprint density at radius 2 is 2.36 bits per heavy atom. The molecule has 1 aromatic heterocycles. The highest BCUT2D eigenvalue weighted by atomic mass is 15.1. The van der Waals surface area contributed by atoms with E-state index >= 15 is 0 Å². The van der Waals surface area contributed by atoms with Crippen LogP contribution < -0.4 is 10.6 Å². The molecule has 1 fully saturated rings. The molecule has 14 heavy (non-hydrogen) atoms. The van der Waals surface area contributed by atoms with E-state index in [2.05, 4.69) is 27.5 Å². The van der Waals surface area contributed by atoms with Crippen LogP contribution in [0.15, 0.2) is 12.3 Å². The van der Waals surface area contributed by atoms with Crippen molar-refractivity contribution < 1.29 is 0 Å². The third-order valence-electron chi connectivity index (χ3n) is 2.43. The van der Waals surface area contributed by atoms with Gasteiger partial charge in [0.2, 0.25) is 5.95 Å². The molecule has 4 nitrogen and oxygen atoms in total. The first-order valence-electron chi connectivity index (χ1n) is 5.13. The fourth-order valence-corrected chi connectivity index (χ4v) is 1.40. The van der Waals surface area contributed by atoms with Crippen LogP contribution in [-0.4, -0.2) is 22.6 Å². The van der Waals surface area contributed by atoms with Crippen molar-refractivity contribution in [3.8, 4) is 0 Å². The van der Waals surface area contributed by atoms with Crippen molar-refractivity contribution in [3.63, 3.8) is 0 Å². The van der Waals surface area contributed by atoms with Gasteiger partial charge in [-0.1, -0.05) is 6.92 Å². The fourth-order valence-electron chi connectivity index (χ4n) is 1.40. The van der Waals surface area contributed by atoms with Crippen LogP contribution in [0.3, 0.4) is 0 Å². The number of anilines is 2. The highest BCUT2D eigenvalue weighted by Gasteiger charge is 2.32. The van der Waals surface area contributed by atoms with Crippen molar-refractivity contribution in [3.05, 3.63) is 12.3 Å². The maximum absolute atomic E-state index is 4.34. The highest BCUT2D eigenvalue weighted by molar-refractivity contribution is 5.41. The number of aromatic nitrogens is 2. The van der Waals surface area contributed by atoms with Gasteiger partial charge in [0.25, 0.3) is 0 Å². The summed E-state index contributed by atoms with van der Waals surface area (Å²) in [5, 5.41) is 6.46. The number of nitrogens with one attached hydrogen (secondary N) is 2. The Morgan fingerprint density at radius 1 is 1.57 bits per heavy atom. The summed E-state index contributed by atoms with van der Waals surface area (Å²) in [7, 11) is 0. The average molecular weight is 192 g/mol. The minimum Gasteiger partial charge on any atom is -0.367 e. The van der Waals surface area contributed by atoms with Crippen LogP contribution >= 0.6 is 0 Å². The van der Waals surface area contributed by atoms with Gasteiger partial charge in [-0.15, -0.1) is 0 Å². The average Bonchev–Trinajstić information content (AvgIpc) is 2.83. The van der Waals surface area contributed by atoms with E-state index in [1.807, 2.05) is 13.0 Å². The van der Waals surface area contributed by atoms with Crippen molar-refractivity contribution in [1.82, 2.24) is 9.97 Å². The molecule has 2 rings (SSSR count). The van der Waals surface area contributed by atoms with Gasteiger partial charge in [0, 0.05) is 18.8 Å². The number of nitrogens with zero attached hydrogens (tertiary/aromatic N) is 2. The van der Waals surface area contributed by atoms with Gasteiger partial charge in [0.05, 0.1) is 0 Å². The van der Waals surface area contributed by atoms with Crippen LogP contribution in [-0.2, 0) is 0 Å². The Hall–Kier alpha value is -1.32. The van der Waals surface area contributed by atoms with Gasteiger partial charge in [-0.3, -0.25) is 0 Å². The molecule has 2 unspecified atom stereocenters. The van der Waals surface area contributed by atoms with Gasteiger partial charge in [0.15, 0.2) is 0 Å². The maximum atomic E-state index is 4.34. The Bertz CT molecular complexity index is 313. The molecule has 1 aromatic rings. The molecule has 2 atom stereocenters. The van der Waals surface area contributed by atoms with Crippen molar-refractivity contribution in [1.29, 1.82) is 0 Å². The van der Waals surface area contributed by atoms with E-state index in [4.69, 9.17) is 0 Å². The highest BCUT2D eigenvalue weighted by Crippen LogP contribution is 2.32. The predicted octanol–water partition coefficient (Wildman–Crippen LogP) is 1.73. The lowest BCUT2D eigenvalue weighted by atomic mass is 10.4. The molecule has 0 amide bonds. The van der Waals surface area contributed by atoms with Gasteiger partial charge in [0.1, 0.15) is 5.82 Å². The zero-order chi connectivity index (χ0) is 9.97. The first-order valence-corrected chi connectivity index (χ1v) is 5.13. The van der Waals surface area contributed by atoms with Crippen molar-refractivity contribution in [2.45, 2.75) is 26.3 Å². The van der Waals surface area contributed by atoms with Gasteiger partial charge in [-0.25, -0.2) is 4.98 Å². The Balaban J connectivity index is 1.99. The summed E-state index contributed by atoms with van der Waals surface area (Å²) in [6.07, 6.45) is 3.03. The lowest BCUT2D eigenvalue weighted by Crippen LogP contribution is -2.08.